The molecule has 1 saturated heterocycles. The molecular formula is C17H26N4O4. The topological polar surface area (TPSA) is 93.7 Å². The molecule has 1 aromatic heterocycles. The van der Waals surface area contributed by atoms with Crippen molar-refractivity contribution < 1.29 is 19.1 Å². The summed E-state index contributed by atoms with van der Waals surface area (Å²) in [6.07, 6.45) is 3.94. The summed E-state index contributed by atoms with van der Waals surface area (Å²) in [7, 11) is 0. The van der Waals surface area contributed by atoms with E-state index in [1.54, 1.807) is 44.9 Å². The Hall–Kier alpha value is -2.38. The van der Waals surface area contributed by atoms with E-state index < -0.39 is 17.7 Å². The Morgan fingerprint density at radius 3 is 2.56 bits per heavy atom. The Labute approximate surface area is 147 Å². The first-order valence-corrected chi connectivity index (χ1v) is 8.45. The summed E-state index contributed by atoms with van der Waals surface area (Å²) in [6.45, 7) is 8.16. The fourth-order valence-electron chi connectivity index (χ4n) is 2.53. The number of aromatic nitrogens is 2. The minimum absolute atomic E-state index is 0.0214. The minimum Gasteiger partial charge on any atom is -0.474 e. The van der Waals surface area contributed by atoms with Gasteiger partial charge in [-0.15, -0.1) is 0 Å². The Kier molecular flexibility index (Phi) is 6.17. The minimum atomic E-state index is -0.630. The van der Waals surface area contributed by atoms with Crippen LogP contribution < -0.4 is 10.1 Å². The maximum atomic E-state index is 12.5. The fourth-order valence-corrected chi connectivity index (χ4v) is 2.53. The molecule has 2 heterocycles. The highest BCUT2D eigenvalue weighted by Gasteiger charge is 2.28. The summed E-state index contributed by atoms with van der Waals surface area (Å²) in [6, 6.07) is 1.08. The van der Waals surface area contributed by atoms with Gasteiger partial charge in [0.2, 0.25) is 11.8 Å². The zero-order valence-corrected chi connectivity index (χ0v) is 15.2. The normalized spacial score (nSPS) is 16.9. The largest absolute Gasteiger partial charge is 0.474 e. The average molecular weight is 350 g/mol. The number of carbonyl (C=O) groups is 2. The predicted molar refractivity (Wildman–Crippen MR) is 91.1 cm³/mol. The van der Waals surface area contributed by atoms with E-state index in [4.69, 9.17) is 9.47 Å². The summed E-state index contributed by atoms with van der Waals surface area (Å²) in [5.74, 6) is 0.422. The van der Waals surface area contributed by atoms with Crippen LogP contribution in [0.1, 0.15) is 40.5 Å². The van der Waals surface area contributed by atoms with Gasteiger partial charge in [-0.25, -0.2) is 14.8 Å². The number of likely N-dealkylation sites (tertiary alicyclic amines) is 1. The Morgan fingerprint density at radius 1 is 1.32 bits per heavy atom. The molecule has 0 saturated carbocycles. The number of piperidine rings is 1. The summed E-state index contributed by atoms with van der Waals surface area (Å²) >= 11 is 0. The van der Waals surface area contributed by atoms with Crippen molar-refractivity contribution in [2.24, 2.45) is 0 Å². The van der Waals surface area contributed by atoms with Crippen molar-refractivity contribution in [1.29, 1.82) is 0 Å². The molecule has 1 unspecified atom stereocenters. The van der Waals surface area contributed by atoms with Crippen molar-refractivity contribution >= 4 is 12.0 Å². The maximum absolute atomic E-state index is 12.5. The first-order chi connectivity index (χ1) is 11.7. The molecule has 8 nitrogen and oxygen atoms in total. The second-order valence-electron chi connectivity index (χ2n) is 7.06. The molecule has 2 rings (SSSR count). The number of carbonyl (C=O) groups excluding carboxylic acids is 2. The molecule has 1 aromatic rings. The van der Waals surface area contributed by atoms with Gasteiger partial charge in [0.05, 0.1) is 0 Å². The van der Waals surface area contributed by atoms with Crippen LogP contribution in [0, 0.1) is 0 Å². The van der Waals surface area contributed by atoms with E-state index in [-0.39, 0.29) is 12.0 Å². The van der Waals surface area contributed by atoms with Gasteiger partial charge in [-0.2, -0.15) is 0 Å². The molecule has 1 fully saturated rings. The number of rotatable bonds is 4. The summed E-state index contributed by atoms with van der Waals surface area (Å²) in [5, 5.41) is 2.58. The summed E-state index contributed by atoms with van der Waals surface area (Å²) in [4.78, 5) is 33.9. The third-order valence-corrected chi connectivity index (χ3v) is 3.70. The van der Waals surface area contributed by atoms with Gasteiger partial charge in [-0.3, -0.25) is 4.79 Å². The first kappa shape index (κ1) is 19.0. The maximum Gasteiger partial charge on any atom is 0.408 e. The van der Waals surface area contributed by atoms with Crippen molar-refractivity contribution in [3.8, 4) is 5.88 Å². The molecule has 0 aromatic carbocycles. The van der Waals surface area contributed by atoms with Gasteiger partial charge in [0, 0.05) is 38.2 Å². The van der Waals surface area contributed by atoms with E-state index >= 15 is 0 Å². The van der Waals surface area contributed by atoms with Crippen LogP contribution >= 0.6 is 0 Å². The zero-order chi connectivity index (χ0) is 18.4. The van der Waals surface area contributed by atoms with Gasteiger partial charge < -0.3 is 19.7 Å². The van der Waals surface area contributed by atoms with Crippen LogP contribution in [0.25, 0.3) is 0 Å². The second-order valence-corrected chi connectivity index (χ2v) is 7.06. The Morgan fingerprint density at radius 2 is 2.00 bits per heavy atom. The smallest absolute Gasteiger partial charge is 0.408 e. The highest BCUT2D eigenvalue weighted by molar-refractivity contribution is 5.85. The number of amides is 2. The molecule has 138 valence electrons. The molecular weight excluding hydrogens is 324 g/mol. The van der Waals surface area contributed by atoms with Crippen LogP contribution in [0.2, 0.25) is 0 Å². The Balaban J connectivity index is 1.77. The van der Waals surface area contributed by atoms with Crippen LogP contribution in [0.4, 0.5) is 4.79 Å². The molecule has 1 atom stereocenters. The molecule has 0 aliphatic carbocycles. The van der Waals surface area contributed by atoms with Crippen molar-refractivity contribution in [3.63, 3.8) is 0 Å². The molecule has 1 aliphatic rings. The van der Waals surface area contributed by atoms with Gasteiger partial charge in [-0.05, 0) is 27.7 Å². The molecule has 8 heteroatoms. The lowest BCUT2D eigenvalue weighted by atomic mass is 10.1. The number of hydrogen-bond donors (Lipinski definition) is 1. The van der Waals surface area contributed by atoms with Crippen LogP contribution in [-0.2, 0) is 9.53 Å². The lowest BCUT2D eigenvalue weighted by molar-refractivity contribution is -0.134. The average Bonchev–Trinajstić information content (AvgIpc) is 2.54. The highest BCUT2D eigenvalue weighted by atomic mass is 16.6. The number of ether oxygens (including phenoxy) is 2. The third-order valence-electron chi connectivity index (χ3n) is 3.70. The second kappa shape index (κ2) is 8.13. The van der Waals surface area contributed by atoms with Gasteiger partial charge in [0.15, 0.2) is 0 Å². The van der Waals surface area contributed by atoms with E-state index in [1.807, 2.05) is 0 Å². The lowest BCUT2D eigenvalue weighted by Gasteiger charge is -2.33. The standard InChI is InChI=1S/C17H26N4O4/c1-12(20-16(23)25-17(2,3)4)15(22)21-9-6-13(7-10-21)24-14-5-8-18-11-19-14/h5,8,11-13H,6-7,9-10H2,1-4H3,(H,20,23). The van der Waals surface area contributed by atoms with Crippen molar-refractivity contribution in [2.45, 2.75) is 58.3 Å². The van der Waals surface area contributed by atoms with E-state index in [2.05, 4.69) is 15.3 Å². The van der Waals surface area contributed by atoms with Gasteiger partial charge in [-0.1, -0.05) is 0 Å². The van der Waals surface area contributed by atoms with Gasteiger partial charge in [0.1, 0.15) is 24.1 Å². The van der Waals surface area contributed by atoms with Crippen LogP contribution in [0.15, 0.2) is 18.6 Å². The van der Waals surface area contributed by atoms with Gasteiger partial charge in [0.25, 0.3) is 0 Å². The van der Waals surface area contributed by atoms with Crippen molar-refractivity contribution in [2.75, 3.05) is 13.1 Å². The molecule has 0 radical (unpaired) electrons. The van der Waals surface area contributed by atoms with E-state index in [1.165, 1.54) is 6.33 Å². The van der Waals surface area contributed by atoms with Crippen molar-refractivity contribution in [1.82, 2.24) is 20.2 Å². The first-order valence-electron chi connectivity index (χ1n) is 8.45. The molecule has 1 N–H and O–H groups in total. The fraction of sp³-hybridized carbons (Fsp3) is 0.647. The Bertz CT molecular complexity index is 580. The quantitative estimate of drug-likeness (QED) is 0.889. The molecule has 1 aliphatic heterocycles. The van der Waals surface area contributed by atoms with E-state index in [0.717, 1.165) is 12.8 Å². The zero-order valence-electron chi connectivity index (χ0n) is 15.2. The van der Waals surface area contributed by atoms with Crippen LogP contribution in [-0.4, -0.2) is 57.7 Å². The molecule has 2 amide bonds. The molecule has 0 bridgehead atoms. The van der Waals surface area contributed by atoms with Crippen LogP contribution in [0.5, 0.6) is 5.88 Å². The van der Waals surface area contributed by atoms with Gasteiger partial charge >= 0.3 is 6.09 Å². The highest BCUT2D eigenvalue weighted by Crippen LogP contribution is 2.17. The number of nitrogens with one attached hydrogen (secondary N) is 1. The molecule has 0 spiro atoms. The summed E-state index contributed by atoms with van der Waals surface area (Å²) < 4.78 is 11.0. The SMILES string of the molecule is CC(NC(=O)OC(C)(C)C)C(=O)N1CCC(Oc2ccncn2)CC1. The number of nitrogens with zero attached hydrogens (tertiary/aromatic N) is 3. The predicted octanol–water partition coefficient (Wildman–Crippen LogP) is 1.76. The van der Waals surface area contributed by atoms with E-state index in [0.29, 0.717) is 19.0 Å². The van der Waals surface area contributed by atoms with E-state index in [9.17, 15) is 9.59 Å². The van der Waals surface area contributed by atoms with Crippen molar-refractivity contribution in [3.05, 3.63) is 18.6 Å². The van der Waals surface area contributed by atoms with Crippen LogP contribution in [0.3, 0.4) is 0 Å². The third kappa shape index (κ3) is 6.21. The number of hydrogen-bond acceptors (Lipinski definition) is 6. The summed E-state index contributed by atoms with van der Waals surface area (Å²) in [5.41, 5.74) is -0.594. The monoisotopic (exact) mass is 350 g/mol. The number of alkyl carbamates (subject to hydrolysis) is 1. The molecule has 25 heavy (non-hydrogen) atoms. The lowest BCUT2D eigenvalue weighted by Crippen LogP contribution is -2.51.